The maximum atomic E-state index is 9.90. The third-order valence-electron chi connectivity index (χ3n) is 3.87. The first-order valence-corrected chi connectivity index (χ1v) is 8.02. The van der Waals surface area contributed by atoms with E-state index in [-0.39, 0.29) is 12.1 Å². The predicted octanol–water partition coefficient (Wildman–Crippen LogP) is 3.14. The second-order valence-corrected chi connectivity index (χ2v) is 6.34. The summed E-state index contributed by atoms with van der Waals surface area (Å²) in [5, 5.41) is 11.9. The fraction of sp³-hybridized carbons (Fsp3) is 0.533. The molecule has 0 aromatic carbocycles. The van der Waals surface area contributed by atoms with E-state index in [0.717, 1.165) is 30.1 Å². The maximum Gasteiger partial charge on any atom is 0.236 e. The summed E-state index contributed by atoms with van der Waals surface area (Å²) >= 11 is 1.63. The number of nitrogens with zero attached hydrogens (tertiary/aromatic N) is 2. The van der Waals surface area contributed by atoms with Gasteiger partial charge in [0.2, 0.25) is 5.89 Å². The van der Waals surface area contributed by atoms with Crippen LogP contribution in [0.3, 0.4) is 0 Å². The van der Waals surface area contributed by atoms with Gasteiger partial charge in [-0.3, -0.25) is 4.90 Å². The van der Waals surface area contributed by atoms with Crippen LogP contribution in [0.2, 0.25) is 0 Å². The van der Waals surface area contributed by atoms with Crippen LogP contribution in [0.25, 0.3) is 10.8 Å². The highest BCUT2D eigenvalue weighted by Crippen LogP contribution is 2.26. The highest BCUT2D eigenvalue weighted by Gasteiger charge is 2.26. The van der Waals surface area contributed by atoms with Crippen LogP contribution in [-0.2, 0) is 6.54 Å². The first-order valence-electron chi connectivity index (χ1n) is 7.14. The molecule has 0 saturated carbocycles. The quantitative estimate of drug-likeness (QED) is 0.940. The number of aromatic nitrogens is 1. The molecule has 0 spiro atoms. The van der Waals surface area contributed by atoms with Crippen molar-refractivity contribution >= 4 is 11.3 Å². The van der Waals surface area contributed by atoms with Gasteiger partial charge in [0, 0.05) is 12.6 Å². The Morgan fingerprint density at radius 2 is 2.45 bits per heavy atom. The van der Waals surface area contributed by atoms with Gasteiger partial charge in [-0.1, -0.05) is 12.5 Å². The van der Waals surface area contributed by atoms with Crippen molar-refractivity contribution in [2.75, 3.05) is 6.54 Å². The Morgan fingerprint density at radius 3 is 3.20 bits per heavy atom. The van der Waals surface area contributed by atoms with E-state index < -0.39 is 0 Å². The average molecular weight is 292 g/mol. The van der Waals surface area contributed by atoms with Crippen LogP contribution in [-0.4, -0.2) is 33.7 Å². The lowest BCUT2D eigenvalue weighted by Crippen LogP contribution is -2.45. The molecule has 1 fully saturated rings. The van der Waals surface area contributed by atoms with Crippen molar-refractivity contribution in [1.82, 2.24) is 9.88 Å². The molecule has 1 saturated heterocycles. The molecule has 2 aromatic heterocycles. The number of aliphatic hydroxyl groups excluding tert-OH is 1. The van der Waals surface area contributed by atoms with Crippen molar-refractivity contribution in [2.45, 2.75) is 44.9 Å². The van der Waals surface area contributed by atoms with E-state index in [9.17, 15) is 5.11 Å². The Hall–Kier alpha value is -1.17. The zero-order valence-electron chi connectivity index (χ0n) is 11.7. The number of likely N-dealkylation sites (tertiary alicyclic amines) is 1. The molecular weight excluding hydrogens is 272 g/mol. The fourth-order valence-electron chi connectivity index (χ4n) is 2.86. The molecule has 0 radical (unpaired) electrons. The van der Waals surface area contributed by atoms with Gasteiger partial charge in [-0.2, -0.15) is 0 Å². The van der Waals surface area contributed by atoms with E-state index in [0.29, 0.717) is 5.89 Å². The summed E-state index contributed by atoms with van der Waals surface area (Å²) in [6.07, 6.45) is 4.90. The van der Waals surface area contributed by atoms with E-state index in [1.807, 2.05) is 24.4 Å². The van der Waals surface area contributed by atoms with Crippen LogP contribution in [0, 0.1) is 0 Å². The lowest BCUT2D eigenvalue weighted by Gasteiger charge is -2.36. The molecule has 108 valence electrons. The SMILES string of the molecule is CC(O)C1CCCCN1Cc1coc(-c2cccs2)n1. The van der Waals surface area contributed by atoms with E-state index in [1.165, 1.54) is 12.8 Å². The highest BCUT2D eigenvalue weighted by atomic mass is 32.1. The first kappa shape index (κ1) is 13.8. The summed E-state index contributed by atoms with van der Waals surface area (Å²) in [6, 6.07) is 4.25. The lowest BCUT2D eigenvalue weighted by atomic mass is 9.98. The van der Waals surface area contributed by atoms with E-state index in [1.54, 1.807) is 17.6 Å². The minimum atomic E-state index is -0.293. The topological polar surface area (TPSA) is 49.5 Å². The molecule has 0 amide bonds. The second kappa shape index (κ2) is 6.08. The van der Waals surface area contributed by atoms with Crippen molar-refractivity contribution in [1.29, 1.82) is 0 Å². The molecule has 1 aliphatic rings. The first-order chi connectivity index (χ1) is 9.74. The number of thiophene rings is 1. The molecule has 1 aliphatic heterocycles. The van der Waals surface area contributed by atoms with Crippen molar-refractivity contribution < 1.29 is 9.52 Å². The normalized spacial score (nSPS) is 22.0. The summed E-state index contributed by atoms with van der Waals surface area (Å²) in [4.78, 5) is 7.94. The number of hydrogen-bond acceptors (Lipinski definition) is 5. The van der Waals surface area contributed by atoms with Gasteiger partial charge in [-0.25, -0.2) is 4.98 Å². The van der Waals surface area contributed by atoms with Crippen LogP contribution >= 0.6 is 11.3 Å². The Labute approximate surface area is 123 Å². The van der Waals surface area contributed by atoms with E-state index >= 15 is 0 Å². The minimum absolute atomic E-state index is 0.241. The molecule has 2 unspecified atom stereocenters. The van der Waals surface area contributed by atoms with Gasteiger partial charge in [0.05, 0.1) is 16.7 Å². The standard InChI is InChI=1S/C15H20N2O2S/c1-11(18)13-5-2-3-7-17(13)9-12-10-19-15(16-12)14-6-4-8-20-14/h4,6,8,10-11,13,18H,2-3,5,7,9H2,1H3. The summed E-state index contributed by atoms with van der Waals surface area (Å²) in [5.41, 5.74) is 0.945. The third-order valence-corrected chi connectivity index (χ3v) is 4.73. The molecule has 0 bridgehead atoms. The van der Waals surface area contributed by atoms with Gasteiger partial charge in [-0.05, 0) is 37.8 Å². The molecule has 5 heteroatoms. The van der Waals surface area contributed by atoms with Crippen LogP contribution in [0.5, 0.6) is 0 Å². The lowest BCUT2D eigenvalue weighted by molar-refractivity contribution is 0.0309. The fourth-order valence-corrected chi connectivity index (χ4v) is 3.52. The average Bonchev–Trinajstić information content (AvgIpc) is 3.09. The van der Waals surface area contributed by atoms with Gasteiger partial charge in [0.1, 0.15) is 6.26 Å². The van der Waals surface area contributed by atoms with Gasteiger partial charge in [0.15, 0.2) is 0 Å². The summed E-state index contributed by atoms with van der Waals surface area (Å²) in [5.74, 6) is 0.695. The maximum absolute atomic E-state index is 9.90. The van der Waals surface area contributed by atoms with Crippen molar-refractivity contribution in [3.05, 3.63) is 29.5 Å². The smallest absolute Gasteiger partial charge is 0.236 e. The number of oxazole rings is 1. The largest absolute Gasteiger partial charge is 0.444 e. The van der Waals surface area contributed by atoms with Crippen LogP contribution in [0.15, 0.2) is 28.2 Å². The number of hydrogen-bond donors (Lipinski definition) is 1. The zero-order valence-corrected chi connectivity index (χ0v) is 12.5. The van der Waals surface area contributed by atoms with E-state index in [4.69, 9.17) is 4.42 Å². The molecule has 1 N–H and O–H groups in total. The molecular formula is C15H20N2O2S. The Kier molecular flexibility index (Phi) is 4.19. The summed E-state index contributed by atoms with van der Waals surface area (Å²) in [7, 11) is 0. The number of piperidine rings is 1. The molecule has 4 nitrogen and oxygen atoms in total. The van der Waals surface area contributed by atoms with Crippen LogP contribution < -0.4 is 0 Å². The predicted molar refractivity (Wildman–Crippen MR) is 79.5 cm³/mol. The third kappa shape index (κ3) is 2.95. The van der Waals surface area contributed by atoms with Gasteiger partial charge < -0.3 is 9.52 Å². The molecule has 20 heavy (non-hydrogen) atoms. The van der Waals surface area contributed by atoms with Gasteiger partial charge in [0.25, 0.3) is 0 Å². The van der Waals surface area contributed by atoms with Gasteiger partial charge >= 0.3 is 0 Å². The minimum Gasteiger partial charge on any atom is -0.444 e. The molecule has 0 aliphatic carbocycles. The van der Waals surface area contributed by atoms with Crippen LogP contribution in [0.1, 0.15) is 31.9 Å². The van der Waals surface area contributed by atoms with Crippen molar-refractivity contribution in [3.63, 3.8) is 0 Å². The molecule has 2 atom stereocenters. The Morgan fingerprint density at radius 1 is 1.55 bits per heavy atom. The van der Waals surface area contributed by atoms with Crippen molar-refractivity contribution in [2.24, 2.45) is 0 Å². The number of rotatable bonds is 4. The molecule has 3 rings (SSSR count). The van der Waals surface area contributed by atoms with Gasteiger partial charge in [-0.15, -0.1) is 11.3 Å². The summed E-state index contributed by atoms with van der Waals surface area (Å²) < 4.78 is 5.56. The Balaban J connectivity index is 1.71. The monoisotopic (exact) mass is 292 g/mol. The number of aliphatic hydroxyl groups is 1. The van der Waals surface area contributed by atoms with E-state index in [2.05, 4.69) is 9.88 Å². The van der Waals surface area contributed by atoms with Crippen molar-refractivity contribution in [3.8, 4) is 10.8 Å². The second-order valence-electron chi connectivity index (χ2n) is 5.40. The zero-order chi connectivity index (χ0) is 13.9. The molecule has 2 aromatic rings. The van der Waals surface area contributed by atoms with Crippen LogP contribution in [0.4, 0.5) is 0 Å². The molecule has 3 heterocycles. The summed E-state index contributed by atoms with van der Waals surface area (Å²) in [6.45, 7) is 3.66. The highest BCUT2D eigenvalue weighted by molar-refractivity contribution is 7.13. The Bertz CT molecular complexity index is 536.